The summed E-state index contributed by atoms with van der Waals surface area (Å²) < 4.78 is 1.68. The van der Waals surface area contributed by atoms with Gasteiger partial charge in [0.1, 0.15) is 12.4 Å². The van der Waals surface area contributed by atoms with Crippen molar-refractivity contribution in [2.45, 2.75) is 13.1 Å². The molecule has 3 heterocycles. The second-order valence-electron chi connectivity index (χ2n) is 3.69. The van der Waals surface area contributed by atoms with E-state index >= 15 is 0 Å². The Morgan fingerprint density at radius 3 is 3.11 bits per heavy atom. The normalized spacial score (nSPS) is 10.9. The Bertz CT molecular complexity index is 624. The molecule has 0 saturated heterocycles. The molecule has 0 aliphatic heterocycles. The van der Waals surface area contributed by atoms with Crippen molar-refractivity contribution in [1.29, 1.82) is 0 Å². The number of hydrogen-bond acceptors (Lipinski definition) is 6. The Morgan fingerprint density at radius 2 is 2.39 bits per heavy atom. The van der Waals surface area contributed by atoms with Crippen LogP contribution in [-0.4, -0.2) is 30.2 Å². The molecule has 3 rings (SSSR count). The summed E-state index contributed by atoms with van der Waals surface area (Å²) in [5.74, 6) is 1.45. The fourth-order valence-electron chi connectivity index (χ4n) is 1.54. The monoisotopic (exact) mass is 261 g/mol. The second kappa shape index (κ2) is 4.67. The number of thiophene rings is 1. The minimum Gasteiger partial charge on any atom is -0.325 e. The highest BCUT2D eigenvalue weighted by molar-refractivity contribution is 7.13. The molecule has 0 radical (unpaired) electrons. The number of rotatable bonds is 4. The van der Waals surface area contributed by atoms with E-state index in [9.17, 15) is 0 Å². The Labute approximate surface area is 107 Å². The Hall–Kier alpha value is -2.06. The van der Waals surface area contributed by atoms with Crippen LogP contribution in [0.2, 0.25) is 0 Å². The lowest BCUT2D eigenvalue weighted by Crippen LogP contribution is -2.02. The molecule has 18 heavy (non-hydrogen) atoms. The van der Waals surface area contributed by atoms with Gasteiger partial charge >= 0.3 is 0 Å². The summed E-state index contributed by atoms with van der Waals surface area (Å²) in [6, 6.07) is 3.96. The van der Waals surface area contributed by atoms with Gasteiger partial charge in [-0.15, -0.1) is 16.4 Å². The number of nitrogens with one attached hydrogen (secondary N) is 1. The highest BCUT2D eigenvalue weighted by Crippen LogP contribution is 2.20. The van der Waals surface area contributed by atoms with Crippen molar-refractivity contribution in [3.63, 3.8) is 0 Å². The van der Waals surface area contributed by atoms with E-state index in [0.717, 1.165) is 16.4 Å². The maximum Gasteiger partial charge on any atom is 0.191 e. The molecule has 0 unspecified atom stereocenters. The van der Waals surface area contributed by atoms with Gasteiger partial charge in [0.05, 0.1) is 16.8 Å². The largest absolute Gasteiger partial charge is 0.325 e. The van der Waals surface area contributed by atoms with Crippen molar-refractivity contribution in [3.05, 3.63) is 35.2 Å². The van der Waals surface area contributed by atoms with E-state index in [1.807, 2.05) is 17.5 Å². The third-order valence-corrected chi connectivity index (χ3v) is 3.25. The van der Waals surface area contributed by atoms with Crippen LogP contribution in [-0.2, 0) is 13.1 Å². The van der Waals surface area contributed by atoms with Gasteiger partial charge in [-0.1, -0.05) is 11.3 Å². The summed E-state index contributed by atoms with van der Waals surface area (Å²) in [4.78, 5) is 5.45. The van der Waals surface area contributed by atoms with Gasteiger partial charge in [0.15, 0.2) is 5.82 Å². The van der Waals surface area contributed by atoms with Crippen LogP contribution in [0.15, 0.2) is 23.7 Å². The van der Waals surface area contributed by atoms with Gasteiger partial charge < -0.3 is 5.73 Å². The predicted octanol–water partition coefficient (Wildman–Crippen LogP) is 0.632. The van der Waals surface area contributed by atoms with Crippen molar-refractivity contribution >= 4 is 11.3 Å². The molecule has 0 amide bonds. The molecule has 0 fully saturated rings. The SMILES string of the molecule is NCc1cn(Cc2nc(-c3cccs3)n[nH]2)nn1. The van der Waals surface area contributed by atoms with Crippen molar-refractivity contribution in [1.82, 2.24) is 30.2 Å². The maximum atomic E-state index is 5.47. The molecule has 3 aromatic rings. The second-order valence-corrected chi connectivity index (χ2v) is 4.64. The third kappa shape index (κ3) is 2.15. The molecule has 7 nitrogen and oxygen atoms in total. The minimum atomic E-state index is 0.386. The summed E-state index contributed by atoms with van der Waals surface area (Å²) in [5.41, 5.74) is 6.23. The van der Waals surface area contributed by atoms with Crippen LogP contribution >= 0.6 is 11.3 Å². The highest BCUT2D eigenvalue weighted by atomic mass is 32.1. The van der Waals surface area contributed by atoms with Crippen LogP contribution in [0, 0.1) is 0 Å². The number of nitrogens with zero attached hydrogens (tertiary/aromatic N) is 5. The Kier molecular flexibility index (Phi) is 2.87. The summed E-state index contributed by atoms with van der Waals surface area (Å²) in [5, 5.41) is 16.9. The molecule has 0 aliphatic carbocycles. The van der Waals surface area contributed by atoms with Crippen LogP contribution in [0.5, 0.6) is 0 Å². The van der Waals surface area contributed by atoms with E-state index in [-0.39, 0.29) is 0 Å². The number of aromatic nitrogens is 6. The first-order chi connectivity index (χ1) is 8.85. The first-order valence-corrected chi connectivity index (χ1v) is 6.27. The lowest BCUT2D eigenvalue weighted by atomic mass is 10.4. The fraction of sp³-hybridized carbons (Fsp3) is 0.200. The van der Waals surface area contributed by atoms with Crippen molar-refractivity contribution in [2.24, 2.45) is 5.73 Å². The molecule has 0 spiro atoms. The van der Waals surface area contributed by atoms with Gasteiger partial charge in [-0.25, -0.2) is 9.67 Å². The summed E-state index contributed by atoms with van der Waals surface area (Å²) in [6.07, 6.45) is 1.80. The standard InChI is InChI=1S/C10H11N7S/c11-4-7-5-17(16-13-7)6-9-12-10(15-14-9)8-2-1-3-18-8/h1-3,5H,4,6,11H2,(H,12,14,15). The minimum absolute atomic E-state index is 0.386. The fourth-order valence-corrected chi connectivity index (χ4v) is 2.20. The molecule has 0 bridgehead atoms. The molecule has 0 atom stereocenters. The van der Waals surface area contributed by atoms with Crippen molar-refractivity contribution in [2.75, 3.05) is 0 Å². The summed E-state index contributed by atoms with van der Waals surface area (Å²) >= 11 is 1.61. The summed E-state index contributed by atoms with van der Waals surface area (Å²) in [7, 11) is 0. The van der Waals surface area contributed by atoms with Crippen molar-refractivity contribution < 1.29 is 0 Å². The zero-order valence-electron chi connectivity index (χ0n) is 9.45. The molecule has 92 valence electrons. The van der Waals surface area contributed by atoms with E-state index in [1.54, 1.807) is 22.2 Å². The van der Waals surface area contributed by atoms with Gasteiger partial charge in [0, 0.05) is 6.54 Å². The van der Waals surface area contributed by atoms with Crippen LogP contribution in [0.25, 0.3) is 10.7 Å². The lowest BCUT2D eigenvalue weighted by molar-refractivity contribution is 0.626. The van der Waals surface area contributed by atoms with Crippen LogP contribution in [0.4, 0.5) is 0 Å². The molecule has 3 N–H and O–H groups in total. The predicted molar refractivity (Wildman–Crippen MR) is 66.7 cm³/mol. The van der Waals surface area contributed by atoms with Gasteiger partial charge in [0.25, 0.3) is 0 Å². The van der Waals surface area contributed by atoms with Gasteiger partial charge in [-0.05, 0) is 11.4 Å². The Balaban J connectivity index is 1.77. The zero-order valence-corrected chi connectivity index (χ0v) is 10.3. The average molecular weight is 261 g/mol. The number of hydrogen-bond donors (Lipinski definition) is 2. The average Bonchev–Trinajstić information content (AvgIpc) is 3.10. The molecule has 8 heteroatoms. The lowest BCUT2D eigenvalue weighted by Gasteiger charge is -1.93. The third-order valence-electron chi connectivity index (χ3n) is 2.38. The molecule has 0 aliphatic rings. The van der Waals surface area contributed by atoms with Crippen LogP contribution in [0.1, 0.15) is 11.5 Å². The molecular formula is C10H11N7S. The summed E-state index contributed by atoms with van der Waals surface area (Å²) in [6.45, 7) is 0.891. The van der Waals surface area contributed by atoms with E-state index in [4.69, 9.17) is 5.73 Å². The van der Waals surface area contributed by atoms with E-state index in [2.05, 4.69) is 25.5 Å². The first kappa shape index (κ1) is 11.1. The molecule has 3 aromatic heterocycles. The molecular weight excluding hydrogens is 250 g/mol. The number of H-pyrrole nitrogens is 1. The number of nitrogens with two attached hydrogens (primary N) is 1. The zero-order chi connectivity index (χ0) is 12.4. The molecule has 0 saturated carbocycles. The van der Waals surface area contributed by atoms with E-state index in [1.165, 1.54) is 0 Å². The van der Waals surface area contributed by atoms with Crippen LogP contribution in [0.3, 0.4) is 0 Å². The number of aromatic amines is 1. The maximum absolute atomic E-state index is 5.47. The van der Waals surface area contributed by atoms with Crippen LogP contribution < -0.4 is 5.73 Å². The topological polar surface area (TPSA) is 98.3 Å². The first-order valence-electron chi connectivity index (χ1n) is 5.39. The molecule has 0 aromatic carbocycles. The quantitative estimate of drug-likeness (QED) is 0.717. The Morgan fingerprint density at radius 1 is 1.44 bits per heavy atom. The van der Waals surface area contributed by atoms with E-state index < -0.39 is 0 Å². The smallest absolute Gasteiger partial charge is 0.191 e. The van der Waals surface area contributed by atoms with Crippen molar-refractivity contribution in [3.8, 4) is 10.7 Å². The van der Waals surface area contributed by atoms with Gasteiger partial charge in [0.2, 0.25) is 0 Å². The van der Waals surface area contributed by atoms with E-state index in [0.29, 0.717) is 18.9 Å². The van der Waals surface area contributed by atoms with Gasteiger partial charge in [-0.2, -0.15) is 5.10 Å². The highest BCUT2D eigenvalue weighted by Gasteiger charge is 2.08. The van der Waals surface area contributed by atoms with Gasteiger partial charge in [-0.3, -0.25) is 5.10 Å².